The highest BCUT2D eigenvalue weighted by Crippen LogP contribution is 2.29. The van der Waals surface area contributed by atoms with Crippen LogP contribution in [0.5, 0.6) is 0 Å². The molecule has 1 saturated heterocycles. The molecule has 2 nitrogen and oxygen atoms in total. The SMILES string of the molecule is CC1CCCN(C(=O)c2cc3c(F)cccc3s2)C1. The topological polar surface area (TPSA) is 20.3 Å². The highest BCUT2D eigenvalue weighted by Gasteiger charge is 2.23. The van der Waals surface area contributed by atoms with Crippen molar-refractivity contribution < 1.29 is 9.18 Å². The Morgan fingerprint density at radius 3 is 3.05 bits per heavy atom. The third kappa shape index (κ3) is 2.37. The van der Waals surface area contributed by atoms with Gasteiger partial charge in [-0.05, 0) is 37.0 Å². The summed E-state index contributed by atoms with van der Waals surface area (Å²) in [5.74, 6) is 0.357. The first-order valence-electron chi connectivity index (χ1n) is 6.62. The predicted molar refractivity (Wildman–Crippen MR) is 76.1 cm³/mol. The molecule has 0 bridgehead atoms. The van der Waals surface area contributed by atoms with Gasteiger partial charge >= 0.3 is 0 Å². The van der Waals surface area contributed by atoms with Gasteiger partial charge in [0.05, 0.1) is 4.88 Å². The van der Waals surface area contributed by atoms with Crippen molar-refractivity contribution in [3.8, 4) is 0 Å². The zero-order chi connectivity index (χ0) is 13.4. The van der Waals surface area contributed by atoms with Crippen LogP contribution in [0.25, 0.3) is 10.1 Å². The van der Waals surface area contributed by atoms with E-state index in [0.717, 1.165) is 24.2 Å². The number of carbonyl (C=O) groups excluding carboxylic acids is 1. The normalized spacial score (nSPS) is 19.9. The number of piperidine rings is 1. The van der Waals surface area contributed by atoms with Gasteiger partial charge in [-0.3, -0.25) is 4.79 Å². The highest BCUT2D eigenvalue weighted by atomic mass is 32.1. The average molecular weight is 277 g/mol. The minimum absolute atomic E-state index is 0.0483. The first-order valence-corrected chi connectivity index (χ1v) is 7.44. The van der Waals surface area contributed by atoms with Crippen LogP contribution in [-0.4, -0.2) is 23.9 Å². The minimum atomic E-state index is -0.250. The number of rotatable bonds is 1. The van der Waals surface area contributed by atoms with Crippen LogP contribution in [0.15, 0.2) is 24.3 Å². The van der Waals surface area contributed by atoms with Crippen LogP contribution in [0.1, 0.15) is 29.4 Å². The van der Waals surface area contributed by atoms with E-state index in [1.165, 1.54) is 23.8 Å². The molecule has 1 aliphatic rings. The third-order valence-corrected chi connectivity index (χ3v) is 4.75. The fraction of sp³-hybridized carbons (Fsp3) is 0.400. The molecule has 0 saturated carbocycles. The summed E-state index contributed by atoms with van der Waals surface area (Å²) in [4.78, 5) is 15.0. The summed E-state index contributed by atoms with van der Waals surface area (Å²) in [6.45, 7) is 3.81. The van der Waals surface area contributed by atoms with Crippen molar-refractivity contribution in [1.29, 1.82) is 0 Å². The zero-order valence-corrected chi connectivity index (χ0v) is 11.7. The van der Waals surface area contributed by atoms with Gasteiger partial charge in [-0.1, -0.05) is 13.0 Å². The number of thiophene rings is 1. The van der Waals surface area contributed by atoms with E-state index in [-0.39, 0.29) is 11.7 Å². The summed E-state index contributed by atoms with van der Waals surface area (Å²) in [5.41, 5.74) is 0. The maximum Gasteiger partial charge on any atom is 0.263 e. The fourth-order valence-electron chi connectivity index (χ4n) is 2.66. The number of nitrogens with zero attached hydrogens (tertiary/aromatic N) is 1. The Hall–Kier alpha value is -1.42. The Labute approximate surface area is 115 Å². The van der Waals surface area contributed by atoms with E-state index in [1.807, 2.05) is 11.0 Å². The second-order valence-electron chi connectivity index (χ2n) is 5.26. The highest BCUT2D eigenvalue weighted by molar-refractivity contribution is 7.20. The molecule has 3 rings (SSSR count). The molecule has 1 aromatic heterocycles. The zero-order valence-electron chi connectivity index (χ0n) is 10.9. The molecule has 1 amide bonds. The minimum Gasteiger partial charge on any atom is -0.338 e. The van der Waals surface area contributed by atoms with Crippen LogP contribution in [-0.2, 0) is 0 Å². The van der Waals surface area contributed by atoms with E-state index in [2.05, 4.69) is 6.92 Å². The van der Waals surface area contributed by atoms with Gasteiger partial charge in [0.15, 0.2) is 0 Å². The summed E-state index contributed by atoms with van der Waals surface area (Å²) < 4.78 is 14.5. The van der Waals surface area contributed by atoms with Crippen LogP contribution >= 0.6 is 11.3 Å². The Morgan fingerprint density at radius 2 is 2.32 bits per heavy atom. The van der Waals surface area contributed by atoms with Crippen molar-refractivity contribution in [3.63, 3.8) is 0 Å². The van der Waals surface area contributed by atoms with E-state index in [4.69, 9.17) is 0 Å². The number of likely N-dealkylation sites (tertiary alicyclic amines) is 1. The van der Waals surface area contributed by atoms with Crippen molar-refractivity contribution in [2.45, 2.75) is 19.8 Å². The molecule has 0 aliphatic carbocycles. The molecule has 1 aromatic carbocycles. The van der Waals surface area contributed by atoms with Gasteiger partial charge in [0.1, 0.15) is 5.82 Å². The standard InChI is InChI=1S/C15H16FNOS/c1-10-4-3-7-17(9-10)15(18)14-8-11-12(16)5-2-6-13(11)19-14/h2,5-6,8,10H,3-4,7,9H2,1H3. The van der Waals surface area contributed by atoms with Crippen LogP contribution in [0, 0.1) is 11.7 Å². The lowest BCUT2D eigenvalue weighted by atomic mass is 10.0. The van der Waals surface area contributed by atoms with Crippen molar-refractivity contribution in [1.82, 2.24) is 4.90 Å². The van der Waals surface area contributed by atoms with Crippen LogP contribution in [0.2, 0.25) is 0 Å². The van der Waals surface area contributed by atoms with Crippen molar-refractivity contribution in [2.75, 3.05) is 13.1 Å². The Balaban J connectivity index is 1.91. The Bertz CT molecular complexity index is 622. The fourth-order valence-corrected chi connectivity index (χ4v) is 3.70. The predicted octanol–water partition coefficient (Wildman–Crippen LogP) is 3.91. The largest absolute Gasteiger partial charge is 0.338 e. The molecule has 100 valence electrons. The van der Waals surface area contributed by atoms with Gasteiger partial charge in [-0.25, -0.2) is 4.39 Å². The number of hydrogen-bond acceptors (Lipinski definition) is 2. The molecule has 19 heavy (non-hydrogen) atoms. The van der Waals surface area contributed by atoms with Crippen molar-refractivity contribution >= 4 is 27.3 Å². The maximum absolute atomic E-state index is 13.6. The van der Waals surface area contributed by atoms with Crippen LogP contribution in [0.3, 0.4) is 0 Å². The van der Waals surface area contributed by atoms with E-state index in [1.54, 1.807) is 12.1 Å². The molecule has 1 fully saturated rings. The quantitative estimate of drug-likeness (QED) is 0.774. The summed E-state index contributed by atoms with van der Waals surface area (Å²) in [6.07, 6.45) is 2.25. The van der Waals surface area contributed by atoms with E-state index in [9.17, 15) is 9.18 Å². The second kappa shape index (κ2) is 4.93. The summed E-state index contributed by atoms with van der Waals surface area (Å²) in [7, 11) is 0. The molecule has 0 N–H and O–H groups in total. The first-order chi connectivity index (χ1) is 9.15. The van der Waals surface area contributed by atoms with Gasteiger partial charge in [-0.15, -0.1) is 11.3 Å². The van der Waals surface area contributed by atoms with Crippen LogP contribution < -0.4 is 0 Å². The number of halogens is 1. The van der Waals surface area contributed by atoms with Gasteiger partial charge in [0.2, 0.25) is 0 Å². The van der Waals surface area contributed by atoms with Crippen molar-refractivity contribution in [3.05, 3.63) is 35.0 Å². The molecule has 1 atom stereocenters. The number of hydrogen-bond donors (Lipinski definition) is 0. The number of carbonyl (C=O) groups is 1. The number of benzene rings is 1. The number of amides is 1. The summed E-state index contributed by atoms with van der Waals surface area (Å²) >= 11 is 1.38. The molecule has 1 aliphatic heterocycles. The molecular weight excluding hydrogens is 261 g/mol. The molecule has 0 spiro atoms. The van der Waals surface area contributed by atoms with E-state index in [0.29, 0.717) is 16.2 Å². The molecule has 2 heterocycles. The van der Waals surface area contributed by atoms with Gasteiger partial charge in [0.25, 0.3) is 5.91 Å². The molecule has 2 aromatic rings. The Morgan fingerprint density at radius 1 is 1.47 bits per heavy atom. The summed E-state index contributed by atoms with van der Waals surface area (Å²) in [6, 6.07) is 6.67. The smallest absolute Gasteiger partial charge is 0.263 e. The van der Waals surface area contributed by atoms with Crippen molar-refractivity contribution in [2.24, 2.45) is 5.92 Å². The van der Waals surface area contributed by atoms with Crippen LogP contribution in [0.4, 0.5) is 4.39 Å². The monoisotopic (exact) mass is 277 g/mol. The average Bonchev–Trinajstić information content (AvgIpc) is 2.83. The lowest BCUT2D eigenvalue weighted by Crippen LogP contribution is -2.38. The maximum atomic E-state index is 13.6. The van der Waals surface area contributed by atoms with E-state index >= 15 is 0 Å². The molecule has 4 heteroatoms. The number of fused-ring (bicyclic) bond motifs is 1. The van der Waals surface area contributed by atoms with Gasteiger partial charge in [0, 0.05) is 23.2 Å². The molecule has 1 unspecified atom stereocenters. The molecular formula is C15H16FNOS. The Kier molecular flexibility index (Phi) is 3.27. The third-order valence-electron chi connectivity index (χ3n) is 3.66. The lowest BCUT2D eigenvalue weighted by Gasteiger charge is -2.30. The lowest BCUT2D eigenvalue weighted by molar-refractivity contribution is 0.0688. The van der Waals surface area contributed by atoms with E-state index < -0.39 is 0 Å². The second-order valence-corrected chi connectivity index (χ2v) is 6.34. The van der Waals surface area contributed by atoms with Gasteiger partial charge < -0.3 is 4.90 Å². The summed E-state index contributed by atoms with van der Waals surface area (Å²) in [5, 5.41) is 0.556. The van der Waals surface area contributed by atoms with Gasteiger partial charge in [-0.2, -0.15) is 0 Å². The first kappa shape index (κ1) is 12.6. The molecule has 0 radical (unpaired) electrons.